The normalized spacial score (nSPS) is 26.6. The van der Waals surface area contributed by atoms with Crippen LogP contribution in [0.2, 0.25) is 0 Å². The van der Waals surface area contributed by atoms with Crippen molar-refractivity contribution in [1.82, 2.24) is 10.3 Å². The molecular weight excluding hydrogens is 278 g/mol. The van der Waals surface area contributed by atoms with Gasteiger partial charge in [0.05, 0.1) is 15.9 Å². The van der Waals surface area contributed by atoms with Gasteiger partial charge in [-0.1, -0.05) is 19.1 Å². The Balaban J connectivity index is 2.15. The molecule has 1 heterocycles. The van der Waals surface area contributed by atoms with E-state index in [1.54, 1.807) is 6.20 Å². The predicted octanol–water partition coefficient (Wildman–Crippen LogP) is 2.20. The number of carbonyl (C=O) groups excluding carboxylic acids is 1. The molecule has 1 fully saturated rings. The van der Waals surface area contributed by atoms with Crippen LogP contribution in [0.1, 0.15) is 38.6 Å². The minimum absolute atomic E-state index is 0.0710. The van der Waals surface area contributed by atoms with Crippen molar-refractivity contribution in [2.24, 2.45) is 17.1 Å². The Bertz CT molecular complexity index is 490. The molecule has 0 aliphatic heterocycles. The van der Waals surface area contributed by atoms with Crippen LogP contribution in [0.3, 0.4) is 0 Å². The summed E-state index contributed by atoms with van der Waals surface area (Å²) in [4.78, 5) is 17.1. The van der Waals surface area contributed by atoms with Gasteiger partial charge < -0.3 is 11.1 Å². The maximum atomic E-state index is 12.5. The Hall–Kier alpha value is -1.01. The number of rotatable bonds is 4. The molecule has 104 valence electrons. The average Bonchev–Trinajstić information content (AvgIpc) is 2.76. The van der Waals surface area contributed by atoms with E-state index < -0.39 is 11.0 Å². The summed E-state index contributed by atoms with van der Waals surface area (Å²) < 4.78 is 0. The van der Waals surface area contributed by atoms with Crippen molar-refractivity contribution < 1.29 is 4.79 Å². The van der Waals surface area contributed by atoms with Gasteiger partial charge in [-0.2, -0.15) is 0 Å². The summed E-state index contributed by atoms with van der Waals surface area (Å²) in [5, 5.41) is 5.83. The van der Waals surface area contributed by atoms with Gasteiger partial charge in [-0.25, -0.2) is 4.98 Å². The minimum Gasteiger partial charge on any atom is -0.392 e. The third kappa shape index (κ3) is 2.51. The maximum absolute atomic E-state index is 12.5. The second-order valence-corrected chi connectivity index (χ2v) is 7.21. The summed E-state index contributed by atoms with van der Waals surface area (Å²) in [6, 6.07) is 0. The molecule has 0 saturated heterocycles. The van der Waals surface area contributed by atoms with Gasteiger partial charge in [0.25, 0.3) is 0 Å². The number of nitrogens with two attached hydrogens (primary N) is 1. The molecule has 1 aliphatic rings. The highest BCUT2D eigenvalue weighted by Gasteiger charge is 2.52. The molecule has 4 nitrogen and oxygen atoms in total. The van der Waals surface area contributed by atoms with Crippen LogP contribution in [0.4, 0.5) is 0 Å². The van der Waals surface area contributed by atoms with Crippen molar-refractivity contribution in [3.05, 3.63) is 16.6 Å². The first-order valence-electron chi connectivity index (χ1n) is 6.30. The lowest BCUT2D eigenvalue weighted by Gasteiger charge is -2.45. The number of nitrogens with one attached hydrogen (secondary N) is 1. The van der Waals surface area contributed by atoms with Gasteiger partial charge in [-0.05, 0) is 32.6 Å². The number of hydrogen-bond acceptors (Lipinski definition) is 4. The summed E-state index contributed by atoms with van der Waals surface area (Å²) in [7, 11) is 0. The largest absolute Gasteiger partial charge is 0.392 e. The quantitative estimate of drug-likeness (QED) is 0.836. The molecule has 3 N–H and O–H groups in total. The molecule has 1 saturated carbocycles. The van der Waals surface area contributed by atoms with E-state index in [9.17, 15) is 4.79 Å². The fourth-order valence-corrected chi connectivity index (χ4v) is 3.59. The molecule has 19 heavy (non-hydrogen) atoms. The topological polar surface area (TPSA) is 68.0 Å². The van der Waals surface area contributed by atoms with Crippen molar-refractivity contribution >= 4 is 34.5 Å². The van der Waals surface area contributed by atoms with Crippen molar-refractivity contribution in [2.45, 2.75) is 39.2 Å². The van der Waals surface area contributed by atoms with Crippen LogP contribution < -0.4 is 11.1 Å². The summed E-state index contributed by atoms with van der Waals surface area (Å²) in [5.74, 6) is 0.425. The summed E-state index contributed by atoms with van der Waals surface area (Å²) in [5.41, 5.74) is 4.63. The Morgan fingerprint density at radius 2 is 2.26 bits per heavy atom. The number of carbonyl (C=O) groups is 1. The van der Waals surface area contributed by atoms with E-state index in [2.05, 4.69) is 17.2 Å². The Morgan fingerprint density at radius 3 is 2.68 bits per heavy atom. The van der Waals surface area contributed by atoms with Crippen LogP contribution in [-0.4, -0.2) is 15.9 Å². The zero-order valence-electron chi connectivity index (χ0n) is 11.4. The van der Waals surface area contributed by atoms with E-state index in [1.165, 1.54) is 11.3 Å². The molecule has 1 aromatic rings. The fraction of sp³-hybridized carbons (Fsp3) is 0.615. The molecule has 1 aliphatic carbocycles. The van der Waals surface area contributed by atoms with Crippen LogP contribution in [0.25, 0.3) is 0 Å². The highest BCUT2D eigenvalue weighted by molar-refractivity contribution is 7.80. The number of aromatic nitrogens is 1. The first-order chi connectivity index (χ1) is 8.78. The molecular formula is C13H19N3OS2. The van der Waals surface area contributed by atoms with Crippen LogP contribution in [0.5, 0.6) is 0 Å². The highest BCUT2D eigenvalue weighted by Crippen LogP contribution is 2.46. The molecule has 0 spiro atoms. The molecule has 0 unspecified atom stereocenters. The van der Waals surface area contributed by atoms with E-state index >= 15 is 0 Å². The van der Waals surface area contributed by atoms with Crippen molar-refractivity contribution in [1.29, 1.82) is 0 Å². The lowest BCUT2D eigenvalue weighted by molar-refractivity contribution is -0.134. The zero-order valence-corrected chi connectivity index (χ0v) is 13.0. The standard InChI is InChI=1S/C13H19N3OS2/c1-8-6-13(7-8,9(14)18)10(17)16-12(2,3)11-15-4-5-19-11/h4-5,8H,6-7H2,1-3H3,(H2,14,18)(H,16,17). The zero-order chi connectivity index (χ0) is 14.3. The number of thiocarbonyl (C=S) groups is 1. The Kier molecular flexibility index (Phi) is 3.66. The average molecular weight is 297 g/mol. The highest BCUT2D eigenvalue weighted by atomic mass is 32.1. The van der Waals surface area contributed by atoms with Gasteiger partial charge in [0, 0.05) is 11.6 Å². The summed E-state index contributed by atoms with van der Waals surface area (Å²) in [6.07, 6.45) is 3.22. The van der Waals surface area contributed by atoms with Gasteiger partial charge in [0.15, 0.2) is 0 Å². The number of amides is 1. The van der Waals surface area contributed by atoms with Gasteiger partial charge in [-0.3, -0.25) is 4.79 Å². The third-order valence-corrected chi connectivity index (χ3v) is 5.18. The molecule has 0 bridgehead atoms. The predicted molar refractivity (Wildman–Crippen MR) is 80.9 cm³/mol. The summed E-state index contributed by atoms with van der Waals surface area (Å²) >= 11 is 6.63. The SMILES string of the molecule is CC1CC(C(=O)NC(C)(C)c2nccs2)(C(N)=S)C1. The number of nitrogens with zero attached hydrogens (tertiary/aromatic N) is 1. The maximum Gasteiger partial charge on any atom is 0.233 e. The smallest absolute Gasteiger partial charge is 0.233 e. The molecule has 1 amide bonds. The Morgan fingerprint density at radius 1 is 1.63 bits per heavy atom. The van der Waals surface area contributed by atoms with Crippen LogP contribution >= 0.6 is 23.6 Å². The Labute approximate surface area is 122 Å². The van der Waals surface area contributed by atoms with Gasteiger partial charge >= 0.3 is 0 Å². The fourth-order valence-electron chi connectivity index (χ4n) is 2.62. The lowest BCUT2D eigenvalue weighted by atomic mass is 9.61. The molecule has 2 rings (SSSR count). The van der Waals surface area contributed by atoms with Crippen molar-refractivity contribution in [3.63, 3.8) is 0 Å². The lowest BCUT2D eigenvalue weighted by Crippen LogP contribution is -2.59. The van der Waals surface area contributed by atoms with Gasteiger partial charge in [-0.15, -0.1) is 11.3 Å². The first-order valence-corrected chi connectivity index (χ1v) is 7.59. The van der Waals surface area contributed by atoms with Crippen molar-refractivity contribution in [2.75, 3.05) is 0 Å². The molecule has 0 radical (unpaired) electrons. The third-order valence-electron chi connectivity index (χ3n) is 3.69. The molecule has 1 aromatic heterocycles. The minimum atomic E-state index is -0.663. The van der Waals surface area contributed by atoms with Crippen LogP contribution in [0.15, 0.2) is 11.6 Å². The van der Waals surface area contributed by atoms with E-state index in [0.29, 0.717) is 10.9 Å². The molecule has 0 aromatic carbocycles. The number of hydrogen-bond donors (Lipinski definition) is 2. The van der Waals surface area contributed by atoms with Crippen LogP contribution in [0, 0.1) is 11.3 Å². The van der Waals surface area contributed by atoms with E-state index in [-0.39, 0.29) is 5.91 Å². The van der Waals surface area contributed by atoms with Gasteiger partial charge in [0.2, 0.25) is 5.91 Å². The second-order valence-electron chi connectivity index (χ2n) is 5.88. The van der Waals surface area contributed by atoms with E-state index in [1.807, 2.05) is 19.2 Å². The van der Waals surface area contributed by atoms with E-state index in [0.717, 1.165) is 17.8 Å². The van der Waals surface area contributed by atoms with Crippen molar-refractivity contribution in [3.8, 4) is 0 Å². The van der Waals surface area contributed by atoms with Crippen LogP contribution in [-0.2, 0) is 10.3 Å². The number of thiazole rings is 1. The monoisotopic (exact) mass is 297 g/mol. The second kappa shape index (κ2) is 4.83. The van der Waals surface area contributed by atoms with Gasteiger partial charge in [0.1, 0.15) is 5.01 Å². The summed E-state index contributed by atoms with van der Waals surface area (Å²) in [6.45, 7) is 5.99. The van der Waals surface area contributed by atoms with E-state index in [4.69, 9.17) is 18.0 Å². The molecule has 6 heteroatoms. The first kappa shape index (κ1) is 14.4. The molecule has 0 atom stereocenters.